The maximum Gasteiger partial charge on any atom is 0.363 e. The molecule has 0 aliphatic rings. The third-order valence-electron chi connectivity index (χ3n) is 2.70. The number of thiazole rings is 1. The number of benzene rings is 1. The summed E-state index contributed by atoms with van der Waals surface area (Å²) in [7, 11) is 0. The predicted molar refractivity (Wildman–Crippen MR) is 77.2 cm³/mol. The first kappa shape index (κ1) is 13.6. The summed E-state index contributed by atoms with van der Waals surface area (Å²) in [6.07, 6.45) is 1.57. The minimum atomic E-state index is -1.08. The highest BCUT2D eigenvalue weighted by Crippen LogP contribution is 2.37. The Bertz CT molecular complexity index is 855. The average Bonchev–Trinajstić information content (AvgIpc) is 2.98. The molecule has 9 heteroatoms. The number of hydrogen-bond acceptors (Lipinski definition) is 6. The lowest BCUT2D eigenvalue weighted by atomic mass is 10.2. The van der Waals surface area contributed by atoms with Crippen molar-refractivity contribution in [3.05, 3.63) is 51.5 Å². The second-order valence-electron chi connectivity index (χ2n) is 3.96. The Morgan fingerprint density at radius 3 is 2.90 bits per heavy atom. The Morgan fingerprint density at radius 1 is 1.43 bits per heavy atom. The maximum atomic E-state index is 11.2. The molecule has 106 valence electrons. The zero-order valence-electron chi connectivity index (χ0n) is 10.3. The van der Waals surface area contributed by atoms with Gasteiger partial charge in [-0.05, 0) is 17.1 Å². The van der Waals surface area contributed by atoms with Crippen molar-refractivity contribution in [2.24, 2.45) is 0 Å². The maximum absolute atomic E-state index is 11.2. The third-order valence-corrected chi connectivity index (χ3v) is 4.50. The zero-order valence-corrected chi connectivity index (χ0v) is 11.9. The van der Waals surface area contributed by atoms with Crippen LogP contribution in [0.5, 0.6) is 0 Å². The monoisotopic (exact) mass is 321 g/mol. The van der Waals surface area contributed by atoms with Gasteiger partial charge < -0.3 is 15.2 Å². The Labute approximate surface area is 126 Å². The largest absolute Gasteiger partial charge is 0.478 e. The number of fused-ring (bicyclic) bond motifs is 1. The fourth-order valence-corrected chi connectivity index (χ4v) is 3.61. The van der Waals surface area contributed by atoms with Gasteiger partial charge in [0.1, 0.15) is 6.20 Å². The van der Waals surface area contributed by atoms with E-state index in [2.05, 4.69) is 4.98 Å². The number of aromatic carboxylic acids is 1. The van der Waals surface area contributed by atoms with Crippen LogP contribution in [0.2, 0.25) is 0 Å². The van der Waals surface area contributed by atoms with Crippen LogP contribution in [0.25, 0.3) is 4.96 Å². The Morgan fingerprint density at radius 2 is 2.19 bits per heavy atom. The number of hydrogen-bond donors (Lipinski definition) is 1. The van der Waals surface area contributed by atoms with Gasteiger partial charge >= 0.3 is 11.8 Å². The van der Waals surface area contributed by atoms with Gasteiger partial charge in [0.05, 0.1) is 5.56 Å². The number of rotatable bonds is 4. The van der Waals surface area contributed by atoms with Crippen molar-refractivity contribution in [3.63, 3.8) is 0 Å². The lowest BCUT2D eigenvalue weighted by molar-refractivity contribution is -0.393. The van der Waals surface area contributed by atoms with Gasteiger partial charge in [-0.15, -0.1) is 0 Å². The third kappa shape index (κ3) is 2.36. The summed E-state index contributed by atoms with van der Waals surface area (Å²) >= 11 is 2.26. The van der Waals surface area contributed by atoms with Crippen molar-refractivity contribution in [2.45, 2.75) is 9.92 Å². The van der Waals surface area contributed by atoms with Crippen LogP contribution in [0.15, 0.2) is 45.8 Å². The highest BCUT2D eigenvalue weighted by atomic mass is 32.2. The van der Waals surface area contributed by atoms with Crippen LogP contribution in [0.3, 0.4) is 0 Å². The molecule has 0 saturated heterocycles. The van der Waals surface area contributed by atoms with E-state index in [0.29, 0.717) is 9.86 Å². The molecule has 0 radical (unpaired) electrons. The van der Waals surface area contributed by atoms with E-state index < -0.39 is 10.9 Å². The molecular weight excluding hydrogens is 314 g/mol. The molecule has 0 spiro atoms. The second-order valence-corrected chi connectivity index (χ2v) is 5.86. The van der Waals surface area contributed by atoms with Crippen LogP contribution in [0, 0.1) is 10.1 Å². The first-order chi connectivity index (χ1) is 10.1. The van der Waals surface area contributed by atoms with Gasteiger partial charge in [0.15, 0.2) is 0 Å². The number of imidazole rings is 1. The average molecular weight is 321 g/mol. The van der Waals surface area contributed by atoms with Crippen molar-refractivity contribution >= 4 is 39.8 Å². The predicted octanol–water partition coefficient (Wildman–Crippen LogP) is 3.15. The standard InChI is InChI=1S/C12H7N3O4S2/c16-11(17)7-3-1-2-4-8(7)21-9-10(15(18)19)14-5-6-20-12(14)13-9/h1-6H,(H,16,17). The molecular formula is C12H7N3O4S2. The van der Waals surface area contributed by atoms with Crippen molar-refractivity contribution in [2.75, 3.05) is 0 Å². The van der Waals surface area contributed by atoms with Crippen LogP contribution >= 0.6 is 23.1 Å². The molecule has 0 bridgehead atoms. The zero-order chi connectivity index (χ0) is 15.0. The van der Waals surface area contributed by atoms with E-state index in [0.717, 1.165) is 11.8 Å². The quantitative estimate of drug-likeness (QED) is 0.585. The summed E-state index contributed by atoms with van der Waals surface area (Å²) in [5.41, 5.74) is 0.0909. The van der Waals surface area contributed by atoms with Gasteiger partial charge in [0.25, 0.3) is 4.96 Å². The molecule has 2 heterocycles. The molecule has 0 fully saturated rings. The summed E-state index contributed by atoms with van der Waals surface area (Å²) in [4.78, 5) is 27.0. The first-order valence-electron chi connectivity index (χ1n) is 5.68. The number of carbonyl (C=O) groups is 1. The highest BCUT2D eigenvalue weighted by molar-refractivity contribution is 7.99. The molecule has 0 saturated carbocycles. The summed E-state index contributed by atoms with van der Waals surface area (Å²) in [5.74, 6) is -1.24. The molecule has 7 nitrogen and oxygen atoms in total. The minimum absolute atomic E-state index is 0.0909. The molecule has 1 N–H and O–H groups in total. The van der Waals surface area contributed by atoms with Crippen molar-refractivity contribution in [3.8, 4) is 0 Å². The molecule has 0 unspecified atom stereocenters. The van der Waals surface area contributed by atoms with E-state index in [-0.39, 0.29) is 16.4 Å². The van der Waals surface area contributed by atoms with Crippen LogP contribution in [0.4, 0.5) is 5.82 Å². The fraction of sp³-hybridized carbons (Fsp3) is 0. The molecule has 1 aromatic carbocycles. The summed E-state index contributed by atoms with van der Waals surface area (Å²) in [6.45, 7) is 0. The van der Waals surface area contributed by atoms with Crippen molar-refractivity contribution in [1.29, 1.82) is 0 Å². The molecule has 0 aliphatic carbocycles. The molecule has 2 aromatic heterocycles. The van der Waals surface area contributed by atoms with Crippen LogP contribution in [0.1, 0.15) is 10.4 Å². The van der Waals surface area contributed by atoms with Crippen LogP contribution < -0.4 is 0 Å². The van der Waals surface area contributed by atoms with E-state index in [1.165, 1.54) is 21.8 Å². The van der Waals surface area contributed by atoms with Gasteiger partial charge in [-0.1, -0.05) is 35.2 Å². The lowest BCUT2D eigenvalue weighted by Gasteiger charge is -2.03. The molecule has 3 aromatic rings. The summed E-state index contributed by atoms with van der Waals surface area (Å²) in [5, 5.41) is 22.3. The van der Waals surface area contributed by atoms with E-state index in [1.54, 1.807) is 29.8 Å². The lowest BCUT2D eigenvalue weighted by Crippen LogP contribution is -1.99. The SMILES string of the molecule is O=C(O)c1ccccc1Sc1nc2sccn2c1[N+](=O)[O-]. The van der Waals surface area contributed by atoms with Gasteiger partial charge in [-0.25, -0.2) is 4.79 Å². The Balaban J connectivity index is 2.10. The van der Waals surface area contributed by atoms with Gasteiger partial charge in [0.2, 0.25) is 5.03 Å². The van der Waals surface area contributed by atoms with Crippen molar-refractivity contribution in [1.82, 2.24) is 9.38 Å². The topological polar surface area (TPSA) is 97.7 Å². The molecule has 0 amide bonds. The number of carboxylic acid groups (broad SMARTS) is 1. The van der Waals surface area contributed by atoms with Crippen LogP contribution in [-0.4, -0.2) is 25.4 Å². The fourth-order valence-electron chi connectivity index (χ4n) is 1.83. The number of nitro groups is 1. The van der Waals surface area contributed by atoms with E-state index in [1.807, 2.05) is 0 Å². The molecule has 3 rings (SSSR count). The molecule has 0 atom stereocenters. The van der Waals surface area contributed by atoms with Crippen molar-refractivity contribution < 1.29 is 14.8 Å². The number of nitrogens with zero attached hydrogens (tertiary/aromatic N) is 3. The van der Waals surface area contributed by atoms with Crippen LogP contribution in [-0.2, 0) is 0 Å². The second kappa shape index (κ2) is 5.19. The summed E-state index contributed by atoms with van der Waals surface area (Å²) in [6, 6.07) is 6.34. The molecule has 0 aliphatic heterocycles. The number of aromatic nitrogens is 2. The highest BCUT2D eigenvalue weighted by Gasteiger charge is 2.25. The Hall–Kier alpha value is -2.39. The van der Waals surface area contributed by atoms with E-state index >= 15 is 0 Å². The first-order valence-corrected chi connectivity index (χ1v) is 7.37. The Kier molecular flexibility index (Phi) is 3.35. The summed E-state index contributed by atoms with van der Waals surface area (Å²) < 4.78 is 1.39. The van der Waals surface area contributed by atoms with Gasteiger partial charge in [-0.2, -0.15) is 9.38 Å². The van der Waals surface area contributed by atoms with Gasteiger partial charge in [0, 0.05) is 10.3 Å². The van der Waals surface area contributed by atoms with E-state index in [9.17, 15) is 14.9 Å². The van der Waals surface area contributed by atoms with E-state index in [4.69, 9.17) is 5.11 Å². The van der Waals surface area contributed by atoms with Gasteiger partial charge in [-0.3, -0.25) is 0 Å². The number of carboxylic acids is 1. The molecule has 21 heavy (non-hydrogen) atoms. The minimum Gasteiger partial charge on any atom is -0.478 e. The normalized spacial score (nSPS) is 10.9. The smallest absolute Gasteiger partial charge is 0.363 e.